The van der Waals surface area contributed by atoms with Crippen LogP contribution in [-0.4, -0.2) is 48.1 Å². The summed E-state index contributed by atoms with van der Waals surface area (Å²) in [6.07, 6.45) is 1.25. The van der Waals surface area contributed by atoms with Crippen LogP contribution in [0.15, 0.2) is 66.2 Å². The van der Waals surface area contributed by atoms with E-state index < -0.39 is 11.9 Å². The van der Waals surface area contributed by atoms with E-state index in [0.717, 1.165) is 5.56 Å². The maximum atomic E-state index is 12.6. The molecule has 0 aromatic heterocycles. The zero-order valence-corrected chi connectivity index (χ0v) is 16.4. The van der Waals surface area contributed by atoms with Crippen molar-refractivity contribution in [3.8, 4) is 0 Å². The van der Waals surface area contributed by atoms with Crippen LogP contribution < -0.4 is 5.32 Å². The molecule has 0 saturated carbocycles. The zero-order valence-electron chi connectivity index (χ0n) is 16.4. The SMILES string of the molecule is COC(=O)c1ccc(NC(=O)/C(C)=C/C(=O)N(CCO)Cc2ccccc2)cc1. The van der Waals surface area contributed by atoms with Gasteiger partial charge in [0.05, 0.1) is 19.3 Å². The van der Waals surface area contributed by atoms with Gasteiger partial charge in [0.1, 0.15) is 0 Å². The summed E-state index contributed by atoms with van der Waals surface area (Å²) in [5, 5.41) is 11.9. The number of nitrogens with one attached hydrogen (secondary N) is 1. The second-order valence-electron chi connectivity index (χ2n) is 6.32. The van der Waals surface area contributed by atoms with Crippen LogP contribution in [-0.2, 0) is 20.9 Å². The van der Waals surface area contributed by atoms with Crippen LogP contribution in [0.5, 0.6) is 0 Å². The summed E-state index contributed by atoms with van der Waals surface area (Å²) >= 11 is 0. The number of methoxy groups -OCH3 is 1. The minimum Gasteiger partial charge on any atom is -0.465 e. The van der Waals surface area contributed by atoms with Crippen molar-refractivity contribution in [2.24, 2.45) is 0 Å². The number of carbonyl (C=O) groups is 3. The number of ether oxygens (including phenoxy) is 1. The molecule has 2 N–H and O–H groups in total. The number of rotatable bonds is 8. The highest BCUT2D eigenvalue weighted by Gasteiger charge is 2.14. The Balaban J connectivity index is 2.03. The summed E-state index contributed by atoms with van der Waals surface area (Å²) in [5.41, 5.74) is 2.01. The fourth-order valence-electron chi connectivity index (χ4n) is 2.57. The van der Waals surface area contributed by atoms with E-state index in [2.05, 4.69) is 10.1 Å². The van der Waals surface area contributed by atoms with Gasteiger partial charge in [0, 0.05) is 30.4 Å². The summed E-state index contributed by atoms with van der Waals surface area (Å²) in [6, 6.07) is 15.6. The van der Waals surface area contributed by atoms with Gasteiger partial charge < -0.3 is 20.1 Å². The van der Waals surface area contributed by atoms with Crippen molar-refractivity contribution in [1.82, 2.24) is 4.90 Å². The minimum atomic E-state index is -0.466. The quantitative estimate of drug-likeness (QED) is 0.528. The number of hydrogen-bond donors (Lipinski definition) is 2. The molecule has 0 unspecified atom stereocenters. The van der Waals surface area contributed by atoms with Gasteiger partial charge >= 0.3 is 5.97 Å². The van der Waals surface area contributed by atoms with E-state index in [4.69, 9.17) is 0 Å². The highest BCUT2D eigenvalue weighted by atomic mass is 16.5. The van der Waals surface area contributed by atoms with E-state index >= 15 is 0 Å². The molecular formula is C22H24N2O5. The molecule has 0 aliphatic heterocycles. The number of amides is 2. The summed E-state index contributed by atoms with van der Waals surface area (Å²) in [5.74, 6) is -1.27. The van der Waals surface area contributed by atoms with Crippen LogP contribution in [0.4, 0.5) is 5.69 Å². The summed E-state index contributed by atoms with van der Waals surface area (Å²) in [6.45, 7) is 1.86. The van der Waals surface area contributed by atoms with Gasteiger partial charge in [-0.2, -0.15) is 0 Å². The lowest BCUT2D eigenvalue weighted by molar-refractivity contribution is -0.127. The Morgan fingerprint density at radius 3 is 2.31 bits per heavy atom. The largest absolute Gasteiger partial charge is 0.465 e. The van der Waals surface area contributed by atoms with E-state index in [1.54, 1.807) is 12.1 Å². The third kappa shape index (κ3) is 6.58. The van der Waals surface area contributed by atoms with Gasteiger partial charge in [0.25, 0.3) is 5.91 Å². The number of hydrogen-bond acceptors (Lipinski definition) is 5. The Morgan fingerprint density at radius 2 is 1.72 bits per heavy atom. The van der Waals surface area contributed by atoms with Gasteiger partial charge in [-0.15, -0.1) is 0 Å². The van der Waals surface area contributed by atoms with Gasteiger partial charge in [-0.3, -0.25) is 9.59 Å². The Labute approximate surface area is 169 Å². The number of anilines is 1. The molecule has 0 saturated heterocycles. The molecule has 0 heterocycles. The fourth-order valence-corrected chi connectivity index (χ4v) is 2.57. The maximum absolute atomic E-state index is 12.6. The molecule has 2 amide bonds. The average molecular weight is 396 g/mol. The van der Waals surface area contributed by atoms with Gasteiger partial charge in [-0.1, -0.05) is 30.3 Å². The molecule has 0 bridgehead atoms. The van der Waals surface area contributed by atoms with Crippen LogP contribution in [0, 0.1) is 0 Å². The van der Waals surface area contributed by atoms with Gasteiger partial charge in [0.15, 0.2) is 0 Å². The Morgan fingerprint density at radius 1 is 1.07 bits per heavy atom. The highest BCUT2D eigenvalue weighted by molar-refractivity contribution is 6.07. The molecule has 0 aliphatic rings. The van der Waals surface area contributed by atoms with Crippen molar-refractivity contribution < 1.29 is 24.2 Å². The maximum Gasteiger partial charge on any atom is 0.337 e. The molecule has 0 spiro atoms. The number of aliphatic hydroxyl groups excluding tert-OH is 1. The summed E-state index contributed by atoms with van der Waals surface area (Å²) < 4.78 is 4.63. The normalized spacial score (nSPS) is 10.9. The molecule has 0 aliphatic carbocycles. The Hall–Kier alpha value is -3.45. The lowest BCUT2D eigenvalue weighted by atomic mass is 10.2. The number of carbonyl (C=O) groups excluding carboxylic acids is 3. The molecule has 2 rings (SSSR count). The first kappa shape index (κ1) is 21.8. The third-order valence-corrected chi connectivity index (χ3v) is 4.16. The van der Waals surface area contributed by atoms with Crippen molar-refractivity contribution in [3.05, 3.63) is 77.4 Å². The first-order valence-electron chi connectivity index (χ1n) is 9.06. The monoisotopic (exact) mass is 396 g/mol. The van der Waals surface area contributed by atoms with Crippen LogP contribution in [0.1, 0.15) is 22.8 Å². The van der Waals surface area contributed by atoms with Crippen molar-refractivity contribution in [3.63, 3.8) is 0 Å². The van der Waals surface area contributed by atoms with Crippen LogP contribution in [0.3, 0.4) is 0 Å². The highest BCUT2D eigenvalue weighted by Crippen LogP contribution is 2.12. The van der Waals surface area contributed by atoms with Gasteiger partial charge in [-0.05, 0) is 36.8 Å². The fraction of sp³-hybridized carbons (Fsp3) is 0.227. The van der Waals surface area contributed by atoms with Crippen LogP contribution in [0.25, 0.3) is 0 Å². The van der Waals surface area contributed by atoms with E-state index in [0.29, 0.717) is 17.8 Å². The predicted octanol–water partition coefficient (Wildman–Crippen LogP) is 2.38. The van der Waals surface area contributed by atoms with E-state index in [1.165, 1.54) is 37.1 Å². The lowest BCUT2D eigenvalue weighted by Crippen LogP contribution is -2.32. The Kier molecular flexibility index (Phi) is 8.12. The van der Waals surface area contributed by atoms with E-state index in [1.807, 2.05) is 30.3 Å². The smallest absolute Gasteiger partial charge is 0.337 e. The molecule has 2 aromatic carbocycles. The van der Waals surface area contributed by atoms with Crippen LogP contribution in [0.2, 0.25) is 0 Å². The first-order valence-corrected chi connectivity index (χ1v) is 9.06. The number of aliphatic hydroxyl groups is 1. The van der Waals surface area contributed by atoms with Crippen molar-refractivity contribution in [2.45, 2.75) is 13.5 Å². The van der Waals surface area contributed by atoms with E-state index in [9.17, 15) is 19.5 Å². The molecule has 29 heavy (non-hydrogen) atoms. The van der Waals surface area contributed by atoms with Crippen molar-refractivity contribution in [2.75, 3.05) is 25.6 Å². The summed E-state index contributed by atoms with van der Waals surface area (Å²) in [4.78, 5) is 37.9. The molecule has 7 nitrogen and oxygen atoms in total. The van der Waals surface area contributed by atoms with Crippen molar-refractivity contribution in [1.29, 1.82) is 0 Å². The molecule has 7 heteroatoms. The second-order valence-corrected chi connectivity index (χ2v) is 6.32. The Bertz CT molecular complexity index is 876. The van der Waals surface area contributed by atoms with Gasteiger partial charge in [0.2, 0.25) is 5.91 Å². The average Bonchev–Trinajstić information content (AvgIpc) is 2.74. The predicted molar refractivity (Wildman–Crippen MR) is 109 cm³/mol. The lowest BCUT2D eigenvalue weighted by Gasteiger charge is -2.20. The minimum absolute atomic E-state index is 0.161. The summed E-state index contributed by atoms with van der Waals surface area (Å²) in [7, 11) is 1.29. The van der Waals surface area contributed by atoms with Gasteiger partial charge in [-0.25, -0.2) is 4.79 Å². The molecule has 0 radical (unpaired) electrons. The number of benzene rings is 2. The third-order valence-electron chi connectivity index (χ3n) is 4.16. The topological polar surface area (TPSA) is 95.9 Å². The molecule has 0 atom stereocenters. The molecule has 152 valence electrons. The van der Waals surface area contributed by atoms with Crippen molar-refractivity contribution >= 4 is 23.5 Å². The standard InChI is InChI=1S/C22H24N2O5/c1-16(21(27)23-19-10-8-18(9-11-19)22(28)29-2)14-20(26)24(12-13-25)15-17-6-4-3-5-7-17/h3-11,14,25H,12-13,15H2,1-2H3,(H,23,27)/b16-14+. The second kappa shape index (κ2) is 10.8. The number of esters is 1. The van der Waals surface area contributed by atoms with Crippen LogP contribution >= 0.6 is 0 Å². The molecule has 0 fully saturated rings. The zero-order chi connectivity index (χ0) is 21.2. The first-order chi connectivity index (χ1) is 13.9. The number of nitrogens with zero attached hydrogens (tertiary/aromatic N) is 1. The molecular weight excluding hydrogens is 372 g/mol. The molecule has 2 aromatic rings. The van der Waals surface area contributed by atoms with E-state index in [-0.39, 0.29) is 24.6 Å².